The number of ether oxygens (including phenoxy) is 1. The molecule has 0 aromatic rings. The molecule has 0 radical (unpaired) electrons. The number of rotatable bonds is 7. The van der Waals surface area contributed by atoms with Crippen molar-refractivity contribution in [1.29, 1.82) is 0 Å². The van der Waals surface area contributed by atoms with E-state index in [2.05, 4.69) is 31.0 Å². The third kappa shape index (κ3) is 6.46. The molecule has 1 rings (SSSR count). The first-order valence-electron chi connectivity index (χ1n) is 6.76. The highest BCUT2D eigenvalue weighted by molar-refractivity contribution is 4.65. The topological polar surface area (TPSA) is 24.5 Å². The standard InChI is InChI=1S/C13H28N2O/c1-12(2)14-11-13(3)16-10-9-15-7-5-4-6-8-15/h12-14H,4-11H2,1-3H3. The lowest BCUT2D eigenvalue weighted by molar-refractivity contribution is 0.0441. The van der Waals surface area contributed by atoms with Gasteiger partial charge in [-0.25, -0.2) is 0 Å². The van der Waals surface area contributed by atoms with Gasteiger partial charge in [0.2, 0.25) is 0 Å². The summed E-state index contributed by atoms with van der Waals surface area (Å²) >= 11 is 0. The Morgan fingerprint density at radius 1 is 1.12 bits per heavy atom. The molecule has 0 saturated carbocycles. The first-order chi connectivity index (χ1) is 7.68. The summed E-state index contributed by atoms with van der Waals surface area (Å²) < 4.78 is 5.79. The Kier molecular flexibility index (Phi) is 7.01. The normalized spacial score (nSPS) is 20.2. The van der Waals surface area contributed by atoms with Gasteiger partial charge < -0.3 is 15.0 Å². The zero-order chi connectivity index (χ0) is 11.8. The average molecular weight is 228 g/mol. The molecule has 1 aliphatic rings. The van der Waals surface area contributed by atoms with Crippen LogP contribution in [0.15, 0.2) is 0 Å². The molecule has 0 bridgehead atoms. The van der Waals surface area contributed by atoms with Crippen LogP contribution in [0.25, 0.3) is 0 Å². The summed E-state index contributed by atoms with van der Waals surface area (Å²) in [5, 5.41) is 3.40. The first-order valence-corrected chi connectivity index (χ1v) is 6.76. The van der Waals surface area contributed by atoms with E-state index >= 15 is 0 Å². The lowest BCUT2D eigenvalue weighted by Gasteiger charge is -2.26. The van der Waals surface area contributed by atoms with Crippen LogP contribution in [-0.4, -0.2) is 49.8 Å². The van der Waals surface area contributed by atoms with Crippen LogP contribution in [0.2, 0.25) is 0 Å². The van der Waals surface area contributed by atoms with E-state index < -0.39 is 0 Å². The Morgan fingerprint density at radius 3 is 2.44 bits per heavy atom. The largest absolute Gasteiger partial charge is 0.376 e. The second kappa shape index (κ2) is 8.04. The van der Waals surface area contributed by atoms with E-state index in [1.807, 2.05) is 0 Å². The van der Waals surface area contributed by atoms with Crippen molar-refractivity contribution in [2.45, 2.75) is 52.2 Å². The van der Waals surface area contributed by atoms with E-state index in [0.717, 1.165) is 19.7 Å². The predicted molar refractivity (Wildman–Crippen MR) is 68.8 cm³/mol. The zero-order valence-electron chi connectivity index (χ0n) is 11.2. The number of likely N-dealkylation sites (tertiary alicyclic amines) is 1. The van der Waals surface area contributed by atoms with Crippen molar-refractivity contribution < 1.29 is 4.74 Å². The molecule has 0 aromatic carbocycles. The van der Waals surface area contributed by atoms with Gasteiger partial charge in [0.1, 0.15) is 0 Å². The average Bonchev–Trinajstić information content (AvgIpc) is 2.28. The summed E-state index contributed by atoms with van der Waals surface area (Å²) in [4.78, 5) is 2.52. The van der Waals surface area contributed by atoms with Gasteiger partial charge in [-0.3, -0.25) is 0 Å². The summed E-state index contributed by atoms with van der Waals surface area (Å²) in [7, 11) is 0. The molecule has 1 saturated heterocycles. The second-order valence-electron chi connectivity index (χ2n) is 5.15. The minimum atomic E-state index is 0.326. The molecule has 3 heteroatoms. The van der Waals surface area contributed by atoms with E-state index in [1.165, 1.54) is 32.4 Å². The highest BCUT2D eigenvalue weighted by Crippen LogP contribution is 2.07. The fourth-order valence-corrected chi connectivity index (χ4v) is 2.03. The minimum Gasteiger partial charge on any atom is -0.376 e. The fourth-order valence-electron chi connectivity index (χ4n) is 2.03. The summed E-state index contributed by atoms with van der Waals surface area (Å²) in [6, 6.07) is 0.549. The van der Waals surface area contributed by atoms with E-state index in [-0.39, 0.29) is 0 Å². The maximum absolute atomic E-state index is 5.79. The van der Waals surface area contributed by atoms with Crippen molar-refractivity contribution in [3.63, 3.8) is 0 Å². The van der Waals surface area contributed by atoms with Crippen LogP contribution in [-0.2, 0) is 4.74 Å². The molecule has 3 nitrogen and oxygen atoms in total. The van der Waals surface area contributed by atoms with E-state index in [1.54, 1.807) is 0 Å². The van der Waals surface area contributed by atoms with Crippen molar-refractivity contribution in [3.8, 4) is 0 Å². The highest BCUT2D eigenvalue weighted by Gasteiger charge is 2.10. The molecule has 0 amide bonds. The maximum Gasteiger partial charge on any atom is 0.0672 e. The van der Waals surface area contributed by atoms with Crippen molar-refractivity contribution in [1.82, 2.24) is 10.2 Å². The number of hydrogen-bond acceptors (Lipinski definition) is 3. The quantitative estimate of drug-likeness (QED) is 0.720. The molecule has 0 spiro atoms. The third-order valence-corrected chi connectivity index (χ3v) is 3.07. The van der Waals surface area contributed by atoms with Crippen LogP contribution in [0, 0.1) is 0 Å². The molecular formula is C13H28N2O. The van der Waals surface area contributed by atoms with Crippen molar-refractivity contribution in [3.05, 3.63) is 0 Å². The molecule has 0 aliphatic carbocycles. The molecular weight excluding hydrogens is 200 g/mol. The van der Waals surface area contributed by atoms with E-state index in [4.69, 9.17) is 4.74 Å². The van der Waals surface area contributed by atoms with E-state index in [9.17, 15) is 0 Å². The summed E-state index contributed by atoms with van der Waals surface area (Å²) in [5.41, 5.74) is 0. The smallest absolute Gasteiger partial charge is 0.0672 e. The second-order valence-corrected chi connectivity index (χ2v) is 5.15. The van der Waals surface area contributed by atoms with Gasteiger partial charge in [-0.2, -0.15) is 0 Å². The summed E-state index contributed by atoms with van der Waals surface area (Å²) in [5.74, 6) is 0. The van der Waals surface area contributed by atoms with Gasteiger partial charge in [0.15, 0.2) is 0 Å². The maximum atomic E-state index is 5.79. The summed E-state index contributed by atoms with van der Waals surface area (Å²) in [6.45, 7) is 11.9. The lowest BCUT2D eigenvalue weighted by Crippen LogP contribution is -2.36. The van der Waals surface area contributed by atoms with E-state index in [0.29, 0.717) is 12.1 Å². The minimum absolute atomic E-state index is 0.326. The predicted octanol–water partition coefficient (Wildman–Crippen LogP) is 1.88. The van der Waals surface area contributed by atoms with Gasteiger partial charge in [-0.15, -0.1) is 0 Å². The van der Waals surface area contributed by atoms with Crippen molar-refractivity contribution >= 4 is 0 Å². The molecule has 1 heterocycles. The SMILES string of the molecule is CC(C)NCC(C)OCCN1CCCCC1. The number of hydrogen-bond donors (Lipinski definition) is 1. The van der Waals surface area contributed by atoms with Crippen LogP contribution < -0.4 is 5.32 Å². The lowest BCUT2D eigenvalue weighted by atomic mass is 10.1. The molecule has 1 fully saturated rings. The van der Waals surface area contributed by atoms with Crippen LogP contribution >= 0.6 is 0 Å². The Morgan fingerprint density at radius 2 is 1.81 bits per heavy atom. The van der Waals surface area contributed by atoms with Crippen molar-refractivity contribution in [2.24, 2.45) is 0 Å². The molecule has 1 atom stereocenters. The van der Waals surface area contributed by atoms with Crippen LogP contribution in [0.4, 0.5) is 0 Å². The van der Waals surface area contributed by atoms with Gasteiger partial charge in [0, 0.05) is 19.1 Å². The molecule has 96 valence electrons. The monoisotopic (exact) mass is 228 g/mol. The van der Waals surface area contributed by atoms with Gasteiger partial charge >= 0.3 is 0 Å². The van der Waals surface area contributed by atoms with Crippen LogP contribution in [0.3, 0.4) is 0 Å². The molecule has 0 aromatic heterocycles. The Balaban J connectivity index is 1.96. The van der Waals surface area contributed by atoms with Gasteiger partial charge in [0.05, 0.1) is 12.7 Å². The highest BCUT2D eigenvalue weighted by atomic mass is 16.5. The Labute approximate surface area is 101 Å². The first kappa shape index (κ1) is 13.9. The summed E-state index contributed by atoms with van der Waals surface area (Å²) in [6.07, 6.45) is 4.47. The van der Waals surface area contributed by atoms with Gasteiger partial charge in [-0.05, 0) is 32.9 Å². The fraction of sp³-hybridized carbons (Fsp3) is 1.00. The Hall–Kier alpha value is -0.120. The third-order valence-electron chi connectivity index (χ3n) is 3.07. The molecule has 1 N–H and O–H groups in total. The zero-order valence-corrected chi connectivity index (χ0v) is 11.2. The van der Waals surface area contributed by atoms with Gasteiger partial charge in [0.25, 0.3) is 0 Å². The van der Waals surface area contributed by atoms with Gasteiger partial charge in [-0.1, -0.05) is 20.3 Å². The number of nitrogens with zero attached hydrogens (tertiary/aromatic N) is 1. The molecule has 1 unspecified atom stereocenters. The Bertz CT molecular complexity index is 167. The molecule has 16 heavy (non-hydrogen) atoms. The number of nitrogens with one attached hydrogen (secondary N) is 1. The number of piperidine rings is 1. The van der Waals surface area contributed by atoms with Crippen molar-refractivity contribution in [2.75, 3.05) is 32.8 Å². The van der Waals surface area contributed by atoms with Crippen LogP contribution in [0.1, 0.15) is 40.0 Å². The molecule has 1 aliphatic heterocycles. The van der Waals surface area contributed by atoms with Crippen LogP contribution in [0.5, 0.6) is 0 Å².